The van der Waals surface area contributed by atoms with Gasteiger partial charge in [-0.3, -0.25) is 4.79 Å². The predicted molar refractivity (Wildman–Crippen MR) is 92.9 cm³/mol. The lowest BCUT2D eigenvalue weighted by atomic mass is 10.0. The van der Waals surface area contributed by atoms with Crippen molar-refractivity contribution in [1.29, 1.82) is 5.26 Å². The number of nitro groups is 1. The van der Waals surface area contributed by atoms with Gasteiger partial charge in [0.05, 0.1) is 27.9 Å². The number of para-hydroxylation sites is 1. The summed E-state index contributed by atoms with van der Waals surface area (Å²) in [4.78, 5) is 27.3. The molecule has 0 radical (unpaired) electrons. The minimum Gasteiger partial charge on any atom is -0.358 e. The quantitative estimate of drug-likeness (QED) is 0.511. The minimum absolute atomic E-state index is 0.123. The number of halogens is 1. The van der Waals surface area contributed by atoms with Crippen molar-refractivity contribution in [2.24, 2.45) is 0 Å². The van der Waals surface area contributed by atoms with Crippen molar-refractivity contribution in [3.05, 3.63) is 60.3 Å². The molecule has 126 valence electrons. The standard InChI is InChI=1S/C15H10ClN5O3S/c1-2-20-15(22)12(16)11(13(19-20)21(23)24)8(7-17)14-18-9-5-3-4-6-10(9)25-14/h3-6,8H,2H2,1H3/t8-/m0/s1. The average Bonchev–Trinajstić information content (AvgIpc) is 3.02. The number of thiazole rings is 1. The van der Waals surface area contributed by atoms with Crippen LogP contribution in [-0.4, -0.2) is 19.7 Å². The Hall–Kier alpha value is -2.83. The minimum atomic E-state index is -1.16. The summed E-state index contributed by atoms with van der Waals surface area (Å²) in [6.45, 7) is 1.74. The molecule has 0 bridgehead atoms. The van der Waals surface area contributed by atoms with Crippen molar-refractivity contribution in [2.75, 3.05) is 0 Å². The molecule has 0 aliphatic rings. The number of aromatic nitrogens is 3. The first-order valence-electron chi connectivity index (χ1n) is 7.17. The van der Waals surface area contributed by atoms with E-state index in [4.69, 9.17) is 11.6 Å². The summed E-state index contributed by atoms with van der Waals surface area (Å²) in [5.41, 5.74) is -0.231. The third-order valence-corrected chi connectivity index (χ3v) is 5.03. The molecule has 0 saturated heterocycles. The Morgan fingerprint density at radius 1 is 1.48 bits per heavy atom. The number of nitriles is 1. The molecule has 0 saturated carbocycles. The zero-order chi connectivity index (χ0) is 18.1. The van der Waals surface area contributed by atoms with Crippen LogP contribution < -0.4 is 5.56 Å². The molecule has 1 aromatic carbocycles. The van der Waals surface area contributed by atoms with Crippen LogP contribution >= 0.6 is 22.9 Å². The summed E-state index contributed by atoms with van der Waals surface area (Å²) < 4.78 is 1.72. The zero-order valence-electron chi connectivity index (χ0n) is 12.8. The van der Waals surface area contributed by atoms with Gasteiger partial charge in [-0.25, -0.2) is 4.98 Å². The molecule has 8 nitrogen and oxygen atoms in total. The number of nitrogens with zero attached hydrogens (tertiary/aromatic N) is 5. The Bertz CT molecular complexity index is 1050. The Kier molecular flexibility index (Phi) is 4.48. The molecule has 2 aromatic heterocycles. The zero-order valence-corrected chi connectivity index (χ0v) is 14.4. The van der Waals surface area contributed by atoms with Crippen LogP contribution in [0.15, 0.2) is 29.1 Å². The van der Waals surface area contributed by atoms with E-state index in [0.29, 0.717) is 10.5 Å². The van der Waals surface area contributed by atoms with Crippen molar-refractivity contribution in [1.82, 2.24) is 14.8 Å². The highest BCUT2D eigenvalue weighted by atomic mass is 35.5. The van der Waals surface area contributed by atoms with Gasteiger partial charge in [0.2, 0.25) is 0 Å². The number of rotatable bonds is 4. The van der Waals surface area contributed by atoms with Crippen LogP contribution in [0.5, 0.6) is 0 Å². The van der Waals surface area contributed by atoms with Crippen molar-refractivity contribution >= 4 is 39.0 Å². The first kappa shape index (κ1) is 17.0. The Morgan fingerprint density at radius 2 is 2.20 bits per heavy atom. The van der Waals surface area contributed by atoms with E-state index < -0.39 is 22.2 Å². The lowest BCUT2D eigenvalue weighted by molar-refractivity contribution is -0.391. The Labute approximate surface area is 150 Å². The maximum absolute atomic E-state index is 12.2. The molecule has 3 aromatic rings. The Balaban J connectivity index is 2.28. The van der Waals surface area contributed by atoms with Gasteiger partial charge in [0, 0.05) is 0 Å². The highest BCUT2D eigenvalue weighted by Gasteiger charge is 2.33. The molecule has 0 unspecified atom stereocenters. The molecular weight excluding hydrogens is 366 g/mol. The third-order valence-electron chi connectivity index (χ3n) is 3.56. The van der Waals surface area contributed by atoms with Gasteiger partial charge in [0.15, 0.2) is 0 Å². The lowest BCUT2D eigenvalue weighted by Gasteiger charge is -2.09. The summed E-state index contributed by atoms with van der Waals surface area (Å²) in [5, 5.41) is 24.7. The van der Waals surface area contributed by atoms with E-state index in [-0.39, 0.29) is 17.1 Å². The van der Waals surface area contributed by atoms with Crippen molar-refractivity contribution in [3.63, 3.8) is 0 Å². The molecule has 0 aliphatic carbocycles. The summed E-state index contributed by atoms with van der Waals surface area (Å²) >= 11 is 7.31. The predicted octanol–water partition coefficient (Wildman–Crippen LogP) is 3.09. The largest absolute Gasteiger partial charge is 0.395 e. The second-order valence-corrected chi connectivity index (χ2v) is 6.45. The Morgan fingerprint density at radius 3 is 2.80 bits per heavy atom. The number of benzene rings is 1. The van der Waals surface area contributed by atoms with Crippen LogP contribution in [0.1, 0.15) is 23.4 Å². The van der Waals surface area contributed by atoms with Gasteiger partial charge in [-0.05, 0) is 24.0 Å². The molecule has 1 atom stereocenters. The normalized spacial score (nSPS) is 12.0. The molecule has 3 rings (SSSR count). The maximum atomic E-state index is 12.2. The molecule has 0 fully saturated rings. The van der Waals surface area contributed by atoms with Crippen molar-refractivity contribution in [3.8, 4) is 6.07 Å². The molecule has 2 heterocycles. The molecule has 0 aliphatic heterocycles. The van der Waals surface area contributed by atoms with Crippen LogP contribution in [0.3, 0.4) is 0 Å². The third kappa shape index (κ3) is 2.86. The fourth-order valence-electron chi connectivity index (χ4n) is 2.40. The van der Waals surface area contributed by atoms with Gasteiger partial charge in [0.25, 0.3) is 0 Å². The molecule has 0 amide bonds. The number of fused-ring (bicyclic) bond motifs is 1. The SMILES string of the molecule is CCn1nc([N+](=O)[O-])c([C@H](C#N)c2nc3ccccc3s2)c(Cl)c1=O. The van der Waals surface area contributed by atoms with Gasteiger partial charge in [-0.15, -0.1) is 16.0 Å². The summed E-state index contributed by atoms with van der Waals surface area (Å²) in [7, 11) is 0. The molecule has 25 heavy (non-hydrogen) atoms. The number of aryl methyl sites for hydroxylation is 1. The second kappa shape index (κ2) is 6.58. The van der Waals surface area contributed by atoms with E-state index in [9.17, 15) is 20.2 Å². The van der Waals surface area contributed by atoms with E-state index in [1.54, 1.807) is 19.1 Å². The summed E-state index contributed by atoms with van der Waals surface area (Å²) in [6, 6.07) is 9.19. The van der Waals surface area contributed by atoms with Gasteiger partial charge in [0.1, 0.15) is 21.5 Å². The van der Waals surface area contributed by atoms with E-state index in [2.05, 4.69) is 10.1 Å². The van der Waals surface area contributed by atoms with Crippen LogP contribution in [0.2, 0.25) is 5.02 Å². The van der Waals surface area contributed by atoms with Gasteiger partial charge in [-0.1, -0.05) is 23.7 Å². The van der Waals surface area contributed by atoms with E-state index in [0.717, 1.165) is 9.38 Å². The van der Waals surface area contributed by atoms with Gasteiger partial charge < -0.3 is 10.1 Å². The highest BCUT2D eigenvalue weighted by molar-refractivity contribution is 7.18. The highest BCUT2D eigenvalue weighted by Crippen LogP contribution is 2.37. The molecule has 10 heteroatoms. The summed E-state index contributed by atoms with van der Waals surface area (Å²) in [6.07, 6.45) is 0. The van der Waals surface area contributed by atoms with Crippen LogP contribution in [0, 0.1) is 21.4 Å². The smallest absolute Gasteiger partial charge is 0.358 e. The maximum Gasteiger partial charge on any atom is 0.395 e. The van der Waals surface area contributed by atoms with E-state index in [1.807, 2.05) is 18.2 Å². The first-order chi connectivity index (χ1) is 12.0. The monoisotopic (exact) mass is 375 g/mol. The van der Waals surface area contributed by atoms with E-state index in [1.165, 1.54) is 11.3 Å². The fourth-order valence-corrected chi connectivity index (χ4v) is 3.72. The number of hydrogen-bond donors (Lipinski definition) is 0. The fraction of sp³-hybridized carbons (Fsp3) is 0.200. The van der Waals surface area contributed by atoms with Crippen LogP contribution in [-0.2, 0) is 6.54 Å². The molecular formula is C15H10ClN5O3S. The molecule has 0 spiro atoms. The van der Waals surface area contributed by atoms with Crippen molar-refractivity contribution in [2.45, 2.75) is 19.4 Å². The van der Waals surface area contributed by atoms with E-state index >= 15 is 0 Å². The van der Waals surface area contributed by atoms with Crippen LogP contribution in [0.25, 0.3) is 10.2 Å². The lowest BCUT2D eigenvalue weighted by Crippen LogP contribution is -2.26. The van der Waals surface area contributed by atoms with Crippen molar-refractivity contribution < 1.29 is 4.92 Å². The number of hydrogen-bond acceptors (Lipinski definition) is 7. The van der Waals surface area contributed by atoms with Crippen LogP contribution in [0.4, 0.5) is 5.82 Å². The second-order valence-electron chi connectivity index (χ2n) is 5.01. The average molecular weight is 376 g/mol. The topological polar surface area (TPSA) is 115 Å². The molecule has 0 N–H and O–H groups in total. The summed E-state index contributed by atoms with van der Waals surface area (Å²) in [5.74, 6) is -1.77. The van der Waals surface area contributed by atoms with Gasteiger partial charge in [-0.2, -0.15) is 5.26 Å². The van der Waals surface area contributed by atoms with Gasteiger partial charge >= 0.3 is 11.4 Å². The first-order valence-corrected chi connectivity index (χ1v) is 8.37.